The highest BCUT2D eigenvalue weighted by molar-refractivity contribution is 6.07. The molecule has 0 radical (unpaired) electrons. The van der Waals surface area contributed by atoms with Crippen LogP contribution in [0.3, 0.4) is 0 Å². The molecule has 0 saturated carbocycles. The zero-order chi connectivity index (χ0) is 18.3. The number of anilines is 2. The Labute approximate surface area is 151 Å². The van der Waals surface area contributed by atoms with Crippen molar-refractivity contribution in [2.75, 3.05) is 5.32 Å². The van der Waals surface area contributed by atoms with E-state index >= 15 is 0 Å². The third-order valence-electron chi connectivity index (χ3n) is 4.46. The SMILES string of the molecule is CC(C)NC(=O)c1oc2cnccc2c1Nc1ccc2c(c1)CCC2=N. The number of nitrogens with one attached hydrogen (secondary N) is 3. The fraction of sp³-hybridized carbons (Fsp3) is 0.250. The Morgan fingerprint density at radius 3 is 2.92 bits per heavy atom. The first-order chi connectivity index (χ1) is 12.5. The van der Waals surface area contributed by atoms with Crippen molar-refractivity contribution in [1.82, 2.24) is 10.3 Å². The van der Waals surface area contributed by atoms with Gasteiger partial charge < -0.3 is 20.5 Å². The number of hydrogen-bond donors (Lipinski definition) is 3. The Bertz CT molecular complexity index is 1020. The molecule has 1 amide bonds. The van der Waals surface area contributed by atoms with E-state index < -0.39 is 0 Å². The van der Waals surface area contributed by atoms with Crippen LogP contribution < -0.4 is 10.6 Å². The number of carbonyl (C=O) groups excluding carboxylic acids is 1. The molecule has 6 heteroatoms. The summed E-state index contributed by atoms with van der Waals surface area (Å²) >= 11 is 0. The van der Waals surface area contributed by atoms with Crippen LogP contribution in [0, 0.1) is 5.41 Å². The third kappa shape index (κ3) is 2.83. The van der Waals surface area contributed by atoms with E-state index in [-0.39, 0.29) is 17.7 Å². The molecule has 1 aliphatic carbocycles. The van der Waals surface area contributed by atoms with Crippen LogP contribution in [0.5, 0.6) is 0 Å². The van der Waals surface area contributed by atoms with Gasteiger partial charge in [0.15, 0.2) is 5.58 Å². The fourth-order valence-electron chi connectivity index (χ4n) is 3.27. The number of aromatic nitrogens is 1. The maximum Gasteiger partial charge on any atom is 0.289 e. The van der Waals surface area contributed by atoms with Crippen molar-refractivity contribution in [2.24, 2.45) is 0 Å². The van der Waals surface area contributed by atoms with E-state index in [9.17, 15) is 4.79 Å². The van der Waals surface area contributed by atoms with E-state index in [0.717, 1.165) is 35.0 Å². The number of benzene rings is 1. The van der Waals surface area contributed by atoms with E-state index in [2.05, 4.69) is 15.6 Å². The number of amides is 1. The Hall–Kier alpha value is -3.15. The number of furan rings is 1. The van der Waals surface area contributed by atoms with Gasteiger partial charge >= 0.3 is 0 Å². The lowest BCUT2D eigenvalue weighted by atomic mass is 10.1. The van der Waals surface area contributed by atoms with Crippen LogP contribution in [0.25, 0.3) is 11.0 Å². The quantitative estimate of drug-likeness (QED) is 0.664. The molecular formula is C20H20N4O2. The van der Waals surface area contributed by atoms with Gasteiger partial charge in [0.1, 0.15) is 0 Å². The topological polar surface area (TPSA) is 91.0 Å². The minimum atomic E-state index is -0.262. The molecule has 26 heavy (non-hydrogen) atoms. The molecule has 0 aliphatic heterocycles. The maximum atomic E-state index is 12.6. The second kappa shape index (κ2) is 6.29. The molecule has 0 unspecified atom stereocenters. The summed E-state index contributed by atoms with van der Waals surface area (Å²) < 4.78 is 5.77. The molecule has 3 N–H and O–H groups in total. The van der Waals surface area contributed by atoms with Gasteiger partial charge in [-0.05, 0) is 56.0 Å². The van der Waals surface area contributed by atoms with Crippen molar-refractivity contribution in [2.45, 2.75) is 32.7 Å². The van der Waals surface area contributed by atoms with Crippen LogP contribution in [0.4, 0.5) is 11.4 Å². The first kappa shape index (κ1) is 16.3. The Balaban J connectivity index is 1.75. The molecule has 2 aromatic heterocycles. The van der Waals surface area contributed by atoms with E-state index in [0.29, 0.717) is 17.0 Å². The van der Waals surface area contributed by atoms with E-state index in [4.69, 9.17) is 9.83 Å². The highest BCUT2D eigenvalue weighted by atomic mass is 16.3. The normalized spacial score (nSPS) is 13.3. The Morgan fingerprint density at radius 1 is 1.27 bits per heavy atom. The van der Waals surface area contributed by atoms with Gasteiger partial charge in [-0.2, -0.15) is 0 Å². The summed E-state index contributed by atoms with van der Waals surface area (Å²) in [6, 6.07) is 7.78. The highest BCUT2D eigenvalue weighted by Gasteiger charge is 2.22. The van der Waals surface area contributed by atoms with Crippen molar-refractivity contribution in [3.63, 3.8) is 0 Å². The van der Waals surface area contributed by atoms with Crippen molar-refractivity contribution in [3.05, 3.63) is 53.5 Å². The molecule has 3 aromatic rings. The van der Waals surface area contributed by atoms with Gasteiger partial charge in [0, 0.05) is 29.0 Å². The average molecular weight is 348 g/mol. The van der Waals surface area contributed by atoms with Crippen LogP contribution in [0.1, 0.15) is 41.9 Å². The van der Waals surface area contributed by atoms with Gasteiger partial charge in [-0.15, -0.1) is 0 Å². The molecule has 132 valence electrons. The molecule has 0 spiro atoms. The van der Waals surface area contributed by atoms with Crippen LogP contribution in [-0.4, -0.2) is 22.6 Å². The van der Waals surface area contributed by atoms with Crippen LogP contribution >= 0.6 is 0 Å². The van der Waals surface area contributed by atoms with E-state index in [1.165, 1.54) is 0 Å². The monoisotopic (exact) mass is 348 g/mol. The molecule has 0 bridgehead atoms. The predicted octanol–water partition coefficient (Wildman–Crippen LogP) is 4.02. The molecule has 2 heterocycles. The second-order valence-corrected chi connectivity index (χ2v) is 6.78. The van der Waals surface area contributed by atoms with Crippen molar-refractivity contribution in [1.29, 1.82) is 5.41 Å². The molecule has 1 aromatic carbocycles. The van der Waals surface area contributed by atoms with Gasteiger partial charge in [0.2, 0.25) is 5.76 Å². The lowest BCUT2D eigenvalue weighted by molar-refractivity contribution is 0.0918. The zero-order valence-electron chi connectivity index (χ0n) is 14.7. The summed E-state index contributed by atoms with van der Waals surface area (Å²) in [7, 11) is 0. The number of carbonyl (C=O) groups is 1. The number of nitrogens with zero attached hydrogens (tertiary/aromatic N) is 1. The average Bonchev–Trinajstić information content (AvgIpc) is 3.16. The first-order valence-electron chi connectivity index (χ1n) is 8.68. The first-order valence-corrected chi connectivity index (χ1v) is 8.68. The lowest BCUT2D eigenvalue weighted by Crippen LogP contribution is -2.30. The fourth-order valence-corrected chi connectivity index (χ4v) is 3.27. The van der Waals surface area contributed by atoms with Crippen molar-refractivity contribution < 1.29 is 9.21 Å². The molecule has 4 rings (SSSR count). The van der Waals surface area contributed by atoms with Gasteiger partial charge in [-0.1, -0.05) is 6.07 Å². The van der Waals surface area contributed by atoms with E-state index in [1.807, 2.05) is 38.1 Å². The summed E-state index contributed by atoms with van der Waals surface area (Å²) in [5, 5.41) is 15.0. The molecule has 1 aliphatic rings. The third-order valence-corrected chi connectivity index (χ3v) is 4.46. The van der Waals surface area contributed by atoms with Crippen molar-refractivity contribution >= 4 is 34.0 Å². The summed E-state index contributed by atoms with van der Waals surface area (Å²) in [6.07, 6.45) is 4.94. The van der Waals surface area contributed by atoms with Crippen LogP contribution in [0.2, 0.25) is 0 Å². The largest absolute Gasteiger partial charge is 0.447 e. The Morgan fingerprint density at radius 2 is 2.12 bits per heavy atom. The number of fused-ring (bicyclic) bond motifs is 2. The number of aryl methyl sites for hydroxylation is 1. The smallest absolute Gasteiger partial charge is 0.289 e. The van der Waals surface area contributed by atoms with Gasteiger partial charge in [0.05, 0.1) is 11.9 Å². The van der Waals surface area contributed by atoms with Crippen molar-refractivity contribution in [3.8, 4) is 0 Å². The molecular weight excluding hydrogens is 328 g/mol. The highest BCUT2D eigenvalue weighted by Crippen LogP contribution is 2.34. The molecule has 6 nitrogen and oxygen atoms in total. The lowest BCUT2D eigenvalue weighted by Gasteiger charge is -2.11. The summed E-state index contributed by atoms with van der Waals surface area (Å²) in [5.74, 6) is -0.0171. The van der Waals surface area contributed by atoms with Gasteiger partial charge in [-0.3, -0.25) is 9.78 Å². The predicted molar refractivity (Wildman–Crippen MR) is 101 cm³/mol. The summed E-state index contributed by atoms with van der Waals surface area (Å²) in [6.45, 7) is 3.81. The Kier molecular flexibility index (Phi) is 3.95. The molecule has 0 atom stereocenters. The van der Waals surface area contributed by atoms with Gasteiger partial charge in [0.25, 0.3) is 5.91 Å². The molecule has 0 fully saturated rings. The van der Waals surface area contributed by atoms with Gasteiger partial charge in [-0.25, -0.2) is 0 Å². The maximum absolute atomic E-state index is 12.6. The standard InChI is InChI=1S/C20H20N4O2/c1-11(2)23-20(25)19-18(15-7-8-22-10-17(15)26-19)24-13-4-5-14-12(9-13)3-6-16(14)21/h4-5,7-11,21,24H,3,6H2,1-2H3,(H,23,25). The summed E-state index contributed by atoms with van der Waals surface area (Å²) in [4.78, 5) is 16.6. The summed E-state index contributed by atoms with van der Waals surface area (Å²) in [5.41, 5.74) is 4.91. The minimum Gasteiger partial charge on any atom is -0.447 e. The number of hydrogen-bond acceptors (Lipinski definition) is 5. The minimum absolute atomic E-state index is 0.00712. The van der Waals surface area contributed by atoms with Crippen LogP contribution in [0.15, 0.2) is 41.1 Å². The number of pyridine rings is 1. The molecule has 0 saturated heterocycles. The van der Waals surface area contributed by atoms with Crippen LogP contribution in [-0.2, 0) is 6.42 Å². The van der Waals surface area contributed by atoms with E-state index in [1.54, 1.807) is 12.4 Å². The number of rotatable bonds is 4. The second-order valence-electron chi connectivity index (χ2n) is 6.78. The zero-order valence-corrected chi connectivity index (χ0v) is 14.7.